The van der Waals surface area contributed by atoms with Crippen molar-refractivity contribution in [2.24, 2.45) is 11.7 Å². The molecule has 24 heteroatoms. The number of anilines is 2. The number of nitrogens with one attached hydrogen (secondary N) is 1. The van der Waals surface area contributed by atoms with Crippen molar-refractivity contribution in [1.82, 2.24) is 19.6 Å². The second-order valence-electron chi connectivity index (χ2n) is 8.51. The molecule has 48 heavy (non-hydrogen) atoms. The van der Waals surface area contributed by atoms with Gasteiger partial charge >= 0.3 is 24.5 Å². The number of imidazole rings is 1. The summed E-state index contributed by atoms with van der Waals surface area (Å²) in [6, 6.07) is 7.07. The van der Waals surface area contributed by atoms with E-state index in [1.54, 1.807) is 29.0 Å². The molecule has 1 fully saturated rings. The number of pyridine rings is 1. The molecule has 0 saturated carbocycles. The molecule has 2 amide bonds. The number of carbonyl (C=O) groups excluding carboxylic acids is 2. The zero-order valence-electron chi connectivity index (χ0n) is 23.7. The first kappa shape index (κ1) is 42.3. The van der Waals surface area contributed by atoms with E-state index in [0.29, 0.717) is 23.6 Å². The monoisotopic (exact) mass is 709 g/mol. The Bertz CT molecular complexity index is 1470. The number of alkyl halides is 9. The van der Waals surface area contributed by atoms with Gasteiger partial charge in [-0.05, 0) is 37.1 Å². The molecule has 1 aliphatic rings. The number of amides is 2. The van der Waals surface area contributed by atoms with Gasteiger partial charge in [-0.25, -0.2) is 14.3 Å². The lowest BCUT2D eigenvalue weighted by Crippen LogP contribution is -2.41. The van der Waals surface area contributed by atoms with Crippen LogP contribution >= 0.6 is 0 Å². The van der Waals surface area contributed by atoms with Crippen molar-refractivity contribution in [3.05, 3.63) is 48.4 Å². The normalized spacial score (nSPS) is 14.1. The minimum atomic E-state index is -6.06. The number of carboxylic acid groups (broad SMARTS) is 3. The smallest absolute Gasteiger partial charge is 0.483 e. The molecule has 15 nitrogen and oxygen atoms in total. The van der Waals surface area contributed by atoms with Gasteiger partial charge < -0.3 is 31.3 Å². The summed E-state index contributed by atoms with van der Waals surface area (Å²) in [6.45, 7) is 0.884. The largest absolute Gasteiger partial charge is 0.490 e. The predicted octanol–water partition coefficient (Wildman–Crippen LogP) is 3.22. The molecule has 4 heterocycles. The highest BCUT2D eigenvalue weighted by Crippen LogP contribution is 2.36. The first-order valence-corrected chi connectivity index (χ1v) is 12.3. The quantitative estimate of drug-likeness (QED) is 0.194. The van der Waals surface area contributed by atoms with Gasteiger partial charge in [0.1, 0.15) is 5.82 Å². The molecule has 0 radical (unpaired) electrons. The fourth-order valence-electron chi connectivity index (χ4n) is 3.20. The van der Waals surface area contributed by atoms with E-state index in [9.17, 15) is 49.1 Å². The van der Waals surface area contributed by atoms with Crippen LogP contribution in [0, 0.1) is 5.92 Å². The van der Waals surface area contributed by atoms with Crippen LogP contribution in [0.15, 0.2) is 42.9 Å². The van der Waals surface area contributed by atoms with Crippen molar-refractivity contribution in [2.75, 3.05) is 23.3 Å². The Morgan fingerprint density at radius 2 is 1.50 bits per heavy atom. The number of halogens is 9. The Morgan fingerprint density at radius 1 is 0.958 bits per heavy atom. The van der Waals surface area contributed by atoms with Gasteiger partial charge in [0.2, 0.25) is 5.91 Å². The average molecular weight is 709 g/mol. The van der Waals surface area contributed by atoms with Crippen LogP contribution in [0.1, 0.15) is 23.2 Å². The zero-order chi connectivity index (χ0) is 37.3. The number of hydrogen-bond donors (Lipinski definition) is 5. The molecule has 0 bridgehead atoms. The van der Waals surface area contributed by atoms with E-state index in [-0.39, 0.29) is 30.7 Å². The summed E-state index contributed by atoms with van der Waals surface area (Å²) in [5.41, 5.74) is 6.52. The lowest BCUT2D eigenvalue weighted by Gasteiger charge is -2.31. The highest BCUT2D eigenvalue weighted by Gasteiger charge is 2.58. The fourth-order valence-corrected chi connectivity index (χ4v) is 3.20. The maximum atomic E-state index is 12.2. The first-order valence-electron chi connectivity index (χ1n) is 12.3. The summed E-state index contributed by atoms with van der Waals surface area (Å²) < 4.78 is 96.0. The van der Waals surface area contributed by atoms with Crippen LogP contribution in [0.2, 0.25) is 0 Å². The number of aliphatic carboxylic acids is 1. The molecule has 0 aromatic carbocycles. The number of nitrogens with zero attached hydrogens (tertiary/aromatic N) is 5. The number of carboxylic acids is 1. The minimum absolute atomic E-state index is 0.159. The molecular formula is C24H24F9N7O8. The molecule has 1 saturated heterocycles. The number of hydrogen-bond acceptors (Lipinski definition) is 9. The third-order valence-electron chi connectivity index (χ3n) is 5.18. The second-order valence-corrected chi connectivity index (χ2v) is 8.51. The predicted molar refractivity (Wildman–Crippen MR) is 142 cm³/mol. The van der Waals surface area contributed by atoms with Crippen molar-refractivity contribution < 1.29 is 78.8 Å². The summed E-state index contributed by atoms with van der Waals surface area (Å²) in [5.74, 6) is -2.32. The van der Waals surface area contributed by atoms with Crippen molar-refractivity contribution in [2.45, 2.75) is 31.4 Å². The highest BCUT2D eigenvalue weighted by molar-refractivity contribution is 6.03. The fraction of sp³-hybridized carbons (Fsp3) is 0.333. The van der Waals surface area contributed by atoms with Crippen molar-refractivity contribution in [1.29, 1.82) is 0 Å². The average Bonchev–Trinajstić information content (AvgIpc) is 3.39. The number of primary amides is 1. The van der Waals surface area contributed by atoms with E-state index in [2.05, 4.69) is 20.4 Å². The molecule has 1 atom stereocenters. The number of piperidine rings is 1. The summed E-state index contributed by atoms with van der Waals surface area (Å²) in [5, 5.41) is 28.2. The lowest BCUT2D eigenvalue weighted by molar-refractivity contribution is -0.339. The van der Waals surface area contributed by atoms with Gasteiger partial charge in [0.15, 0.2) is 11.5 Å². The van der Waals surface area contributed by atoms with Crippen molar-refractivity contribution >= 4 is 48.0 Å². The van der Waals surface area contributed by atoms with E-state index in [1.165, 1.54) is 6.20 Å². The van der Waals surface area contributed by atoms with Crippen LogP contribution in [0.5, 0.6) is 0 Å². The van der Waals surface area contributed by atoms with Gasteiger partial charge in [-0.1, -0.05) is 0 Å². The number of rotatable bonds is 4. The van der Waals surface area contributed by atoms with Crippen LogP contribution in [0.25, 0.3) is 5.65 Å². The molecule has 0 aliphatic carbocycles. The Morgan fingerprint density at radius 3 is 1.94 bits per heavy atom. The molecule has 4 rings (SSSR count). The van der Waals surface area contributed by atoms with Gasteiger partial charge in [0.05, 0.1) is 17.7 Å². The van der Waals surface area contributed by atoms with E-state index < -0.39 is 24.5 Å². The van der Waals surface area contributed by atoms with Gasteiger partial charge in [-0.2, -0.15) is 39.5 Å². The zero-order valence-corrected chi connectivity index (χ0v) is 23.7. The number of aromatic nitrogens is 4. The number of fused-ring (bicyclic) bond motifs is 1. The highest BCUT2D eigenvalue weighted by atomic mass is 19.5. The summed E-state index contributed by atoms with van der Waals surface area (Å²) in [4.78, 5) is 59.7. The molecule has 266 valence electrons. The van der Waals surface area contributed by atoms with Crippen LogP contribution < -0.4 is 16.0 Å². The van der Waals surface area contributed by atoms with Crippen molar-refractivity contribution in [3.8, 4) is 0 Å². The summed E-state index contributed by atoms with van der Waals surface area (Å²) in [6.07, 6.45) is -10.8. The Labute approximate surface area is 261 Å². The molecule has 3 aromatic heterocycles. The summed E-state index contributed by atoms with van der Waals surface area (Å²) >= 11 is 0. The first-order chi connectivity index (χ1) is 22.1. The maximum Gasteiger partial charge on any atom is 0.490 e. The Balaban J connectivity index is 0.000000864. The van der Waals surface area contributed by atoms with Crippen LogP contribution in [0.3, 0.4) is 0 Å². The van der Waals surface area contributed by atoms with Crippen LogP contribution in [0.4, 0.5) is 51.1 Å². The van der Waals surface area contributed by atoms with Gasteiger partial charge in [0, 0.05) is 25.5 Å². The minimum Gasteiger partial charge on any atom is -0.483 e. The Kier molecular flexibility index (Phi) is 16.8. The van der Waals surface area contributed by atoms with Crippen molar-refractivity contribution in [3.63, 3.8) is 0 Å². The molecule has 3 aromatic rings. The lowest BCUT2D eigenvalue weighted by atomic mass is 9.97. The van der Waals surface area contributed by atoms with E-state index in [1.807, 2.05) is 17.0 Å². The molecule has 1 unspecified atom stereocenters. The SMILES string of the molecule is FC(F)(F)C(F)(F)F.NC(=O)C1CCCN(c2ccc3nc(NC(=O)c4cccnc4)cn3n2)C1.O=C(O)C(F)(F)F.O=CO.O=CO. The standard InChI is InChI=1S/C18H19N7O2.C2F6.C2HF3O2.2CH2O2/c19-17(26)13-4-2-8-24(10-13)16-6-5-15-21-14(11-25(15)23-16)22-18(27)12-3-1-7-20-9-12;3-1(4,5)2(6,7)8;3-2(4,5)1(6)7;2*2-1-3/h1,3,5-7,9,11,13H,2,4,8,10H2,(H2,19,26)(H,22,27);;(H,6,7);2*1H,(H,2,3). The maximum absolute atomic E-state index is 12.2. The second kappa shape index (κ2) is 19.1. The van der Waals surface area contributed by atoms with E-state index >= 15 is 0 Å². The molecule has 1 aliphatic heterocycles. The van der Waals surface area contributed by atoms with Crippen LogP contribution in [-0.2, 0) is 19.2 Å². The topological polar surface area (TPSA) is 230 Å². The third kappa shape index (κ3) is 15.0. The third-order valence-corrected chi connectivity index (χ3v) is 5.18. The van der Waals surface area contributed by atoms with Gasteiger partial charge in [0.25, 0.3) is 18.9 Å². The number of nitrogens with two attached hydrogens (primary N) is 1. The van der Waals surface area contributed by atoms with E-state index in [4.69, 9.17) is 35.4 Å². The summed E-state index contributed by atoms with van der Waals surface area (Å²) in [7, 11) is 0. The number of carbonyl (C=O) groups is 5. The van der Waals surface area contributed by atoms with E-state index in [0.717, 1.165) is 25.2 Å². The molecule has 6 N–H and O–H groups in total. The van der Waals surface area contributed by atoms with Crippen LogP contribution in [-0.4, -0.2) is 97.2 Å². The molecule has 0 spiro atoms. The Hall–Kier alpha value is -5.71. The van der Waals surface area contributed by atoms with Gasteiger partial charge in [-0.15, -0.1) is 5.10 Å². The molecular weight excluding hydrogens is 685 g/mol. The van der Waals surface area contributed by atoms with Gasteiger partial charge in [-0.3, -0.25) is 24.2 Å².